The van der Waals surface area contributed by atoms with Crippen molar-refractivity contribution in [3.8, 4) is 0 Å². The van der Waals surface area contributed by atoms with Gasteiger partial charge in [-0.05, 0) is 0 Å². The van der Waals surface area contributed by atoms with E-state index < -0.39 is 17.6 Å². The Hall–Kier alpha value is -2.45. The van der Waals surface area contributed by atoms with Gasteiger partial charge >= 0.3 is 206 Å². The first-order chi connectivity index (χ1) is 15.6. The Balaban J connectivity index is 1.67. The van der Waals surface area contributed by atoms with Crippen molar-refractivity contribution in [3.05, 3.63) is 95.6 Å². The molecule has 174 valence electrons. The van der Waals surface area contributed by atoms with Gasteiger partial charge in [0.25, 0.3) is 0 Å². The molecule has 4 aliphatic heterocycles. The quantitative estimate of drug-likeness (QED) is 0.404. The maximum absolute atomic E-state index is 3.84. The van der Waals surface area contributed by atoms with E-state index in [1.54, 1.807) is 0 Å². The van der Waals surface area contributed by atoms with Crippen LogP contribution in [0.5, 0.6) is 0 Å². The van der Waals surface area contributed by atoms with Crippen LogP contribution in [0.15, 0.2) is 61.2 Å². The van der Waals surface area contributed by atoms with Crippen molar-refractivity contribution in [2.45, 2.75) is 58.0 Å². The Morgan fingerprint density at radius 2 is 1.06 bits per heavy atom. The summed E-state index contributed by atoms with van der Waals surface area (Å²) in [6.07, 6.45) is 9.03. The van der Waals surface area contributed by atoms with Crippen LogP contribution in [0.2, 0.25) is 0 Å². The molecule has 0 fully saturated rings. The minimum atomic E-state index is -0.410. The molecule has 0 aliphatic carbocycles. The van der Waals surface area contributed by atoms with E-state index in [1.165, 1.54) is 30.5 Å². The first-order valence-electron chi connectivity index (χ1n) is 11.5. The topological polar surface area (TPSA) is 13.0 Å². The molecule has 6 rings (SSSR count). The summed E-state index contributed by atoms with van der Waals surface area (Å²) >= 11 is -0.410. The summed E-state index contributed by atoms with van der Waals surface area (Å²) in [5.41, 5.74) is 4.26. The maximum atomic E-state index is 3.84. The third-order valence-corrected chi connectivity index (χ3v) is 10.9. The zero-order chi connectivity index (χ0) is 23.2. The zero-order valence-corrected chi connectivity index (χ0v) is 22.4. The van der Waals surface area contributed by atoms with Crippen molar-refractivity contribution in [2.24, 2.45) is 0 Å². The molecule has 2 aromatic rings. The van der Waals surface area contributed by atoms with Gasteiger partial charge in [-0.15, -0.1) is 0 Å². The predicted octanol–water partition coefficient (Wildman–Crippen LogP) is 4.50. The molecule has 0 saturated carbocycles. The van der Waals surface area contributed by atoms with Crippen molar-refractivity contribution in [3.63, 3.8) is 0 Å². The Kier molecular flexibility index (Phi) is 4.34. The number of benzene rings is 2. The molecule has 0 unspecified atom stereocenters. The van der Waals surface area contributed by atoms with E-state index in [-0.39, 0.29) is 16.5 Å². The van der Waals surface area contributed by atoms with Crippen LogP contribution in [0, 0.1) is 12.1 Å². The van der Waals surface area contributed by atoms with Crippen LogP contribution >= 0.6 is 0 Å². The van der Waals surface area contributed by atoms with Gasteiger partial charge in [0.15, 0.2) is 0 Å². The summed E-state index contributed by atoms with van der Waals surface area (Å²) < 4.78 is 2.87. The van der Waals surface area contributed by atoms with Crippen molar-refractivity contribution in [2.75, 3.05) is 6.67 Å². The molecule has 0 aromatic heterocycles. The van der Waals surface area contributed by atoms with E-state index in [9.17, 15) is 0 Å². The van der Waals surface area contributed by atoms with Crippen LogP contribution in [0.4, 0.5) is 0 Å². The summed E-state index contributed by atoms with van der Waals surface area (Å²) in [5.74, 6) is 0. The van der Waals surface area contributed by atoms with E-state index in [0.717, 1.165) is 6.67 Å². The van der Waals surface area contributed by atoms with Crippen molar-refractivity contribution in [1.82, 2.24) is 19.6 Å². The molecule has 0 atom stereocenters. The Labute approximate surface area is 205 Å². The molecular formula is C28H30N4Pt-2. The molecule has 2 aromatic carbocycles. The second kappa shape index (κ2) is 6.79. The molecule has 0 N–H and O–H groups in total. The normalized spacial score (nSPS) is 23.6. The molecule has 33 heavy (non-hydrogen) atoms. The SMILES string of the molecule is CC1(C)c2[c-]c(ccc2)C(C)(C)N2C=CN3CN4C=CN([C]4=[Pt]=[C]32)C(C)(C)c2[c-]c1ccc2. The molecular weight excluding hydrogens is 587 g/mol. The second-order valence-corrected chi connectivity index (χ2v) is 13.3. The fraction of sp³-hybridized carbons (Fsp3) is 0.357. The Morgan fingerprint density at radius 3 is 1.52 bits per heavy atom. The molecule has 4 aliphatic rings. The van der Waals surface area contributed by atoms with Crippen molar-refractivity contribution in [1.29, 1.82) is 0 Å². The van der Waals surface area contributed by atoms with Crippen LogP contribution < -0.4 is 0 Å². The standard InChI is InChI=1S/C28H30N4.Pt/c1-26(2)22-9-7-11-24(17-22)27(3,4)31-15-13-29(20-31)19-30-14-16-32(21-30)28(5,6)25-12-8-10-23(26)18-25;/h7-16H,19H2,1-6H3;/q-2;. The molecule has 4 heterocycles. The van der Waals surface area contributed by atoms with Gasteiger partial charge < -0.3 is 0 Å². The van der Waals surface area contributed by atoms with Gasteiger partial charge in [-0.25, -0.2) is 0 Å². The number of hydrogen-bond donors (Lipinski definition) is 0. The Bertz CT molecular complexity index is 1200. The van der Waals surface area contributed by atoms with Gasteiger partial charge in [0.2, 0.25) is 0 Å². The van der Waals surface area contributed by atoms with Gasteiger partial charge in [0, 0.05) is 0 Å². The fourth-order valence-electron chi connectivity index (χ4n) is 4.98. The van der Waals surface area contributed by atoms with Crippen molar-refractivity contribution < 1.29 is 17.6 Å². The van der Waals surface area contributed by atoms with Crippen LogP contribution in [0.1, 0.15) is 63.8 Å². The van der Waals surface area contributed by atoms with Crippen LogP contribution in [0.3, 0.4) is 0 Å². The van der Waals surface area contributed by atoms with E-state index in [4.69, 9.17) is 0 Å². The van der Waals surface area contributed by atoms with Gasteiger partial charge in [-0.1, -0.05) is 0 Å². The van der Waals surface area contributed by atoms with E-state index in [0.29, 0.717) is 0 Å². The molecule has 6 bridgehead atoms. The molecule has 0 amide bonds. The average molecular weight is 618 g/mol. The van der Waals surface area contributed by atoms with Gasteiger partial charge in [0.1, 0.15) is 0 Å². The average Bonchev–Trinajstić information content (AvgIpc) is 3.41. The first-order valence-corrected chi connectivity index (χ1v) is 13.8. The zero-order valence-electron chi connectivity index (χ0n) is 20.1. The molecule has 0 spiro atoms. The summed E-state index contributed by atoms with van der Waals surface area (Å²) in [5, 5.41) is 0. The number of hydrogen-bond acceptors (Lipinski definition) is 4. The summed E-state index contributed by atoms with van der Waals surface area (Å²) in [6, 6.07) is 21.0. The van der Waals surface area contributed by atoms with Gasteiger partial charge in [-0.3, -0.25) is 0 Å². The minimum absolute atomic E-state index is 0.197. The summed E-state index contributed by atoms with van der Waals surface area (Å²) in [4.78, 5) is 9.83. The summed E-state index contributed by atoms with van der Waals surface area (Å²) in [6.45, 7) is 14.7. The first kappa shape index (κ1) is 21.1. The molecule has 0 saturated heterocycles. The van der Waals surface area contributed by atoms with E-state index in [1.807, 2.05) is 0 Å². The van der Waals surface area contributed by atoms with Crippen LogP contribution in [0.25, 0.3) is 0 Å². The molecule has 0 radical (unpaired) electrons. The predicted molar refractivity (Wildman–Crippen MR) is 129 cm³/mol. The fourth-order valence-corrected chi connectivity index (χ4v) is 8.90. The van der Waals surface area contributed by atoms with Crippen LogP contribution in [-0.2, 0) is 34.1 Å². The molecule has 5 heteroatoms. The van der Waals surface area contributed by atoms with Crippen molar-refractivity contribution >= 4 is 8.29 Å². The number of fused-ring (bicyclic) bond motifs is 4. The third kappa shape index (κ3) is 2.93. The van der Waals surface area contributed by atoms with Gasteiger partial charge in [0.05, 0.1) is 0 Å². The number of nitrogens with zero attached hydrogens (tertiary/aromatic N) is 4. The van der Waals surface area contributed by atoms with Gasteiger partial charge in [-0.2, -0.15) is 0 Å². The van der Waals surface area contributed by atoms with E-state index in [2.05, 4.69) is 134 Å². The Morgan fingerprint density at radius 1 is 0.636 bits per heavy atom. The van der Waals surface area contributed by atoms with E-state index >= 15 is 0 Å². The third-order valence-electron chi connectivity index (χ3n) is 7.50. The second-order valence-electron chi connectivity index (χ2n) is 10.7. The molecule has 4 nitrogen and oxygen atoms in total. The summed E-state index contributed by atoms with van der Waals surface area (Å²) in [7, 11) is 0. The monoisotopic (exact) mass is 617 g/mol. The number of rotatable bonds is 0. The van der Waals surface area contributed by atoms with Crippen LogP contribution in [-0.4, -0.2) is 34.6 Å².